The quantitative estimate of drug-likeness (QED) is 0.677. The van der Waals surface area contributed by atoms with Gasteiger partial charge in [-0.3, -0.25) is 4.79 Å². The molecule has 1 heterocycles. The Bertz CT molecular complexity index is 185. The van der Waals surface area contributed by atoms with Crippen molar-refractivity contribution < 1.29 is 14.6 Å². The Hall–Kier alpha value is -0.610. The topological polar surface area (TPSA) is 58.6 Å². The maximum Gasteiger partial charge on any atom is 0.306 e. The van der Waals surface area contributed by atoms with Crippen molar-refractivity contribution in [3.05, 3.63) is 0 Å². The lowest BCUT2D eigenvalue weighted by Gasteiger charge is -2.29. The SMILES string of the molecule is CC(C)OC1(CC(=O)O)CCNC1. The standard InChI is InChI=1S/C9H17NO3/c1-7(2)13-9(5-8(11)12)3-4-10-6-9/h7,10H,3-6H2,1-2H3,(H,11,12). The molecule has 0 bridgehead atoms. The third-order valence-electron chi connectivity index (χ3n) is 2.16. The molecular weight excluding hydrogens is 170 g/mol. The normalized spacial score (nSPS) is 28.2. The molecule has 0 amide bonds. The molecule has 0 aromatic rings. The van der Waals surface area contributed by atoms with Gasteiger partial charge in [0.05, 0.1) is 18.1 Å². The summed E-state index contributed by atoms with van der Waals surface area (Å²) in [6, 6.07) is 0. The summed E-state index contributed by atoms with van der Waals surface area (Å²) in [5.41, 5.74) is -0.472. The van der Waals surface area contributed by atoms with Gasteiger partial charge in [0, 0.05) is 6.54 Å². The zero-order chi connectivity index (χ0) is 9.90. The average Bonchev–Trinajstić information content (AvgIpc) is 2.33. The van der Waals surface area contributed by atoms with Crippen LogP contribution in [0.3, 0.4) is 0 Å². The highest BCUT2D eigenvalue weighted by molar-refractivity contribution is 5.68. The molecule has 13 heavy (non-hydrogen) atoms. The van der Waals surface area contributed by atoms with Crippen LogP contribution in [-0.2, 0) is 9.53 Å². The van der Waals surface area contributed by atoms with Gasteiger partial charge in [-0.2, -0.15) is 0 Å². The summed E-state index contributed by atoms with van der Waals surface area (Å²) in [6.45, 7) is 5.36. The molecule has 4 nitrogen and oxygen atoms in total. The first kappa shape index (κ1) is 10.5. The summed E-state index contributed by atoms with van der Waals surface area (Å²) in [7, 11) is 0. The minimum absolute atomic E-state index is 0.0826. The van der Waals surface area contributed by atoms with Crippen LogP contribution in [0, 0.1) is 0 Å². The molecule has 4 heteroatoms. The molecule has 0 aromatic carbocycles. The highest BCUT2D eigenvalue weighted by Gasteiger charge is 2.37. The second kappa shape index (κ2) is 4.07. The van der Waals surface area contributed by atoms with Crippen molar-refractivity contribution in [1.82, 2.24) is 5.32 Å². The zero-order valence-corrected chi connectivity index (χ0v) is 8.17. The molecule has 1 aliphatic rings. The Morgan fingerprint density at radius 1 is 1.69 bits per heavy atom. The van der Waals surface area contributed by atoms with Gasteiger partial charge >= 0.3 is 5.97 Å². The van der Waals surface area contributed by atoms with Gasteiger partial charge in [-0.15, -0.1) is 0 Å². The number of hydrogen-bond donors (Lipinski definition) is 2. The summed E-state index contributed by atoms with van der Waals surface area (Å²) in [6.07, 6.45) is 0.967. The largest absolute Gasteiger partial charge is 0.481 e. The van der Waals surface area contributed by atoms with Crippen LogP contribution in [-0.4, -0.2) is 35.9 Å². The van der Waals surface area contributed by atoms with E-state index in [0.717, 1.165) is 13.0 Å². The van der Waals surface area contributed by atoms with Crippen LogP contribution in [0.2, 0.25) is 0 Å². The summed E-state index contributed by atoms with van der Waals surface area (Å²) in [5.74, 6) is -0.788. The minimum atomic E-state index is -0.788. The molecule has 1 aliphatic heterocycles. The second-order valence-electron chi connectivity index (χ2n) is 3.85. The van der Waals surface area contributed by atoms with Crippen molar-refractivity contribution in [2.45, 2.75) is 38.4 Å². The smallest absolute Gasteiger partial charge is 0.306 e. The van der Waals surface area contributed by atoms with Crippen LogP contribution in [0.5, 0.6) is 0 Å². The monoisotopic (exact) mass is 187 g/mol. The average molecular weight is 187 g/mol. The van der Waals surface area contributed by atoms with E-state index >= 15 is 0 Å². The first-order valence-electron chi connectivity index (χ1n) is 4.64. The molecule has 76 valence electrons. The van der Waals surface area contributed by atoms with E-state index in [1.807, 2.05) is 13.8 Å². The van der Waals surface area contributed by atoms with Gasteiger partial charge < -0.3 is 15.2 Å². The first-order chi connectivity index (χ1) is 6.04. The summed E-state index contributed by atoms with van der Waals surface area (Å²) in [5, 5.41) is 11.9. The summed E-state index contributed by atoms with van der Waals surface area (Å²) < 4.78 is 5.67. The third kappa shape index (κ3) is 2.97. The highest BCUT2D eigenvalue weighted by Crippen LogP contribution is 2.25. The van der Waals surface area contributed by atoms with E-state index in [4.69, 9.17) is 9.84 Å². The third-order valence-corrected chi connectivity index (χ3v) is 2.16. The molecule has 0 spiro atoms. The molecule has 0 aliphatic carbocycles. The van der Waals surface area contributed by atoms with E-state index in [1.54, 1.807) is 0 Å². The second-order valence-corrected chi connectivity index (χ2v) is 3.85. The lowest BCUT2D eigenvalue weighted by atomic mass is 9.98. The number of carbonyl (C=O) groups is 1. The number of hydrogen-bond acceptors (Lipinski definition) is 3. The fourth-order valence-corrected chi connectivity index (χ4v) is 1.79. The number of nitrogens with one attached hydrogen (secondary N) is 1. The van der Waals surface area contributed by atoms with Gasteiger partial charge in [0.2, 0.25) is 0 Å². The Morgan fingerprint density at radius 3 is 2.77 bits per heavy atom. The van der Waals surface area contributed by atoms with E-state index in [1.165, 1.54) is 0 Å². The fourth-order valence-electron chi connectivity index (χ4n) is 1.79. The van der Waals surface area contributed by atoms with E-state index in [9.17, 15) is 4.79 Å². The van der Waals surface area contributed by atoms with Crippen molar-refractivity contribution >= 4 is 5.97 Å². The molecular formula is C9H17NO3. The van der Waals surface area contributed by atoms with Crippen molar-refractivity contribution in [3.63, 3.8) is 0 Å². The van der Waals surface area contributed by atoms with E-state index in [-0.39, 0.29) is 12.5 Å². The van der Waals surface area contributed by atoms with Gasteiger partial charge in [0.1, 0.15) is 0 Å². The van der Waals surface area contributed by atoms with E-state index < -0.39 is 11.6 Å². The zero-order valence-electron chi connectivity index (χ0n) is 8.17. The maximum absolute atomic E-state index is 10.6. The Labute approximate surface area is 78.3 Å². The van der Waals surface area contributed by atoms with Crippen LogP contribution in [0.1, 0.15) is 26.7 Å². The van der Waals surface area contributed by atoms with Gasteiger partial charge in [-0.05, 0) is 26.8 Å². The molecule has 2 N–H and O–H groups in total. The van der Waals surface area contributed by atoms with E-state index in [0.29, 0.717) is 6.54 Å². The van der Waals surface area contributed by atoms with Gasteiger partial charge in [0.25, 0.3) is 0 Å². The number of aliphatic carboxylic acids is 1. The highest BCUT2D eigenvalue weighted by atomic mass is 16.5. The Morgan fingerprint density at radius 2 is 2.38 bits per heavy atom. The number of carboxylic acids is 1. The molecule has 1 atom stereocenters. The van der Waals surface area contributed by atoms with Gasteiger partial charge in [0.15, 0.2) is 0 Å². The fraction of sp³-hybridized carbons (Fsp3) is 0.889. The molecule has 0 radical (unpaired) electrons. The van der Waals surface area contributed by atoms with Gasteiger partial charge in [-0.25, -0.2) is 0 Å². The minimum Gasteiger partial charge on any atom is -0.481 e. The number of rotatable bonds is 4. The molecule has 0 saturated carbocycles. The molecule has 0 aromatic heterocycles. The van der Waals surface area contributed by atoms with Crippen LogP contribution >= 0.6 is 0 Å². The number of ether oxygens (including phenoxy) is 1. The predicted molar refractivity (Wildman–Crippen MR) is 48.7 cm³/mol. The Balaban J connectivity index is 2.57. The molecule has 1 unspecified atom stereocenters. The first-order valence-corrected chi connectivity index (χ1v) is 4.64. The molecule has 1 saturated heterocycles. The van der Waals surface area contributed by atoms with Crippen molar-refractivity contribution in [3.8, 4) is 0 Å². The van der Waals surface area contributed by atoms with Crippen LogP contribution in [0.4, 0.5) is 0 Å². The molecule has 1 fully saturated rings. The summed E-state index contributed by atoms with van der Waals surface area (Å²) in [4.78, 5) is 10.6. The van der Waals surface area contributed by atoms with Crippen molar-refractivity contribution in [2.75, 3.05) is 13.1 Å². The van der Waals surface area contributed by atoms with E-state index in [2.05, 4.69) is 5.32 Å². The maximum atomic E-state index is 10.6. The van der Waals surface area contributed by atoms with Crippen molar-refractivity contribution in [1.29, 1.82) is 0 Å². The predicted octanol–water partition coefficient (Wildman–Crippen LogP) is 0.618. The van der Waals surface area contributed by atoms with Crippen LogP contribution in [0.15, 0.2) is 0 Å². The summed E-state index contributed by atoms with van der Waals surface area (Å²) >= 11 is 0. The van der Waals surface area contributed by atoms with Crippen LogP contribution < -0.4 is 5.32 Å². The van der Waals surface area contributed by atoms with Crippen LogP contribution in [0.25, 0.3) is 0 Å². The lowest BCUT2D eigenvalue weighted by Crippen LogP contribution is -2.39. The number of carboxylic acid groups (broad SMARTS) is 1. The van der Waals surface area contributed by atoms with Crippen molar-refractivity contribution in [2.24, 2.45) is 0 Å². The lowest BCUT2D eigenvalue weighted by molar-refractivity contribution is -0.147. The van der Waals surface area contributed by atoms with Gasteiger partial charge in [-0.1, -0.05) is 0 Å². The Kier molecular flexibility index (Phi) is 3.27. The molecule has 1 rings (SSSR count).